The minimum atomic E-state index is -4.38. The van der Waals surface area contributed by atoms with Crippen molar-refractivity contribution in [2.45, 2.75) is 44.5 Å². The molecule has 3 aromatic rings. The molecule has 2 amide bonds. The fraction of sp³-hybridized carbons (Fsp3) is 0.375. The van der Waals surface area contributed by atoms with E-state index in [2.05, 4.69) is 22.3 Å². The van der Waals surface area contributed by atoms with Crippen LogP contribution >= 0.6 is 0 Å². The number of methoxy groups -OCH3 is 1. The van der Waals surface area contributed by atoms with E-state index in [-0.39, 0.29) is 36.0 Å². The number of carbonyl (C=O) groups is 2. The molecule has 0 saturated carbocycles. The van der Waals surface area contributed by atoms with E-state index >= 15 is 0 Å². The molecule has 1 fully saturated rings. The van der Waals surface area contributed by atoms with E-state index in [1.54, 1.807) is 36.4 Å². The number of halogens is 6. The monoisotopic (exact) mass is 656 g/mol. The van der Waals surface area contributed by atoms with Crippen LogP contribution in [0.3, 0.4) is 0 Å². The summed E-state index contributed by atoms with van der Waals surface area (Å²) in [6.45, 7) is 2.01. The summed E-state index contributed by atoms with van der Waals surface area (Å²) in [7, 11) is 0.992. The summed E-state index contributed by atoms with van der Waals surface area (Å²) in [4.78, 5) is 21.4. The number of morpholine rings is 1. The Morgan fingerprint density at radius 2 is 1.57 bits per heavy atom. The van der Waals surface area contributed by atoms with Gasteiger partial charge >= 0.3 is 12.3 Å². The zero-order chi connectivity index (χ0) is 34.1. The van der Waals surface area contributed by atoms with Crippen molar-refractivity contribution in [3.8, 4) is 0 Å². The number of hydrogen-bond acceptors (Lipinski definition) is 6. The second-order valence-electron chi connectivity index (χ2n) is 10.2. The molecular weight excluding hydrogens is 618 g/mol. The third-order valence-corrected chi connectivity index (χ3v) is 6.42. The number of nitrogens with one attached hydrogen (secondary N) is 3. The van der Waals surface area contributed by atoms with Crippen LogP contribution in [0.15, 0.2) is 66.7 Å². The average molecular weight is 657 g/mol. The Labute approximate surface area is 263 Å². The number of amides is 2. The van der Waals surface area contributed by atoms with Crippen LogP contribution in [0.25, 0.3) is 0 Å². The van der Waals surface area contributed by atoms with Gasteiger partial charge in [-0.1, -0.05) is 30.3 Å². The van der Waals surface area contributed by atoms with Gasteiger partial charge in [-0.25, -0.2) is 18.0 Å². The molecule has 1 saturated heterocycles. The van der Waals surface area contributed by atoms with E-state index in [1.807, 2.05) is 0 Å². The highest BCUT2D eigenvalue weighted by molar-refractivity contribution is 5.92. The van der Waals surface area contributed by atoms with Crippen molar-refractivity contribution in [2.24, 2.45) is 5.73 Å². The number of alkyl halides is 3. The van der Waals surface area contributed by atoms with Gasteiger partial charge in [0.15, 0.2) is 0 Å². The number of ether oxygens (including phenoxy) is 2. The topological polar surface area (TPSA) is 115 Å². The fourth-order valence-corrected chi connectivity index (χ4v) is 4.04. The lowest BCUT2D eigenvalue weighted by molar-refractivity contribution is -0.123. The lowest BCUT2D eigenvalue weighted by Crippen LogP contribution is -2.44. The second kappa shape index (κ2) is 19.4. The third kappa shape index (κ3) is 15.2. The van der Waals surface area contributed by atoms with Gasteiger partial charge in [-0.05, 0) is 73.7 Å². The Morgan fingerprint density at radius 3 is 2.04 bits per heavy atom. The first-order valence-electron chi connectivity index (χ1n) is 14.3. The molecule has 0 unspecified atom stereocenters. The number of benzene rings is 3. The zero-order valence-electron chi connectivity index (χ0n) is 25.4. The number of carbonyl (C=O) groups excluding carboxylic acids is 2. The average Bonchev–Trinajstić information content (AvgIpc) is 3.03. The van der Waals surface area contributed by atoms with Crippen molar-refractivity contribution < 1.29 is 45.4 Å². The molecule has 46 heavy (non-hydrogen) atoms. The number of alkyl carbamates (subject to hydrolysis) is 1. The standard InChI is InChI=1S/C15H22FN3O2.C13H10F2.C4H6F3NO2/c1-10-9-21-11(8-18-10)5-6-12-13(16)3-2-4-14(12)19-15(20)7-17;14-12-5-1-10(2-6-12)9-11-3-7-13(15)8-4-11;1-10-3(9)8-2-4(5,6)7/h2-4,10-11,18H,5-9,17H2,1H3,(H,19,20);1-8H,9H2;2H2,1H3,(H,8,9)/t10-,11-;;/m1../s1. The molecule has 252 valence electrons. The summed E-state index contributed by atoms with van der Waals surface area (Å²) >= 11 is 0. The molecule has 0 aromatic heterocycles. The lowest BCUT2D eigenvalue weighted by Gasteiger charge is -2.28. The Morgan fingerprint density at radius 1 is 0.978 bits per heavy atom. The van der Waals surface area contributed by atoms with Crippen molar-refractivity contribution in [1.82, 2.24) is 10.6 Å². The van der Waals surface area contributed by atoms with Gasteiger partial charge in [0.1, 0.15) is 24.0 Å². The quantitative estimate of drug-likeness (QED) is 0.239. The van der Waals surface area contributed by atoms with Gasteiger partial charge in [-0.15, -0.1) is 0 Å². The van der Waals surface area contributed by atoms with Crippen molar-refractivity contribution in [1.29, 1.82) is 0 Å². The molecule has 0 spiro atoms. The van der Waals surface area contributed by atoms with E-state index < -0.39 is 18.8 Å². The van der Waals surface area contributed by atoms with Crippen LogP contribution < -0.4 is 21.7 Å². The van der Waals surface area contributed by atoms with Crippen molar-refractivity contribution in [2.75, 3.05) is 38.7 Å². The van der Waals surface area contributed by atoms with E-state index in [4.69, 9.17) is 10.5 Å². The predicted molar refractivity (Wildman–Crippen MR) is 162 cm³/mol. The van der Waals surface area contributed by atoms with Crippen LogP contribution in [-0.2, 0) is 27.1 Å². The highest BCUT2D eigenvalue weighted by Gasteiger charge is 2.27. The molecule has 14 heteroatoms. The van der Waals surface area contributed by atoms with E-state index in [9.17, 15) is 35.9 Å². The first kappa shape index (κ1) is 38.0. The smallest absolute Gasteiger partial charge is 0.407 e. The van der Waals surface area contributed by atoms with Gasteiger partial charge in [0.25, 0.3) is 0 Å². The molecule has 3 aromatic carbocycles. The number of anilines is 1. The fourth-order valence-electron chi connectivity index (χ4n) is 4.04. The molecule has 1 heterocycles. The third-order valence-electron chi connectivity index (χ3n) is 6.42. The summed E-state index contributed by atoms with van der Waals surface area (Å²) in [6.07, 6.45) is -3.50. The van der Waals surface area contributed by atoms with E-state index in [0.717, 1.165) is 24.8 Å². The normalized spacial score (nSPS) is 15.8. The summed E-state index contributed by atoms with van der Waals surface area (Å²) in [5.74, 6) is -1.12. The van der Waals surface area contributed by atoms with Crippen LogP contribution in [0.4, 0.5) is 36.8 Å². The van der Waals surface area contributed by atoms with Gasteiger partial charge in [0, 0.05) is 23.8 Å². The van der Waals surface area contributed by atoms with Crippen LogP contribution in [0.2, 0.25) is 0 Å². The summed E-state index contributed by atoms with van der Waals surface area (Å²) in [5.41, 5.74) is 8.30. The minimum absolute atomic E-state index is 0.0684. The summed E-state index contributed by atoms with van der Waals surface area (Å²) in [5, 5.41) is 7.46. The maximum atomic E-state index is 14.0. The molecule has 0 aliphatic carbocycles. The SMILES string of the molecule is COC(=O)NCC(F)(F)F.C[C@@H]1CO[C@H](CCc2c(F)cccc2NC(=O)CN)CN1.Fc1ccc(Cc2ccc(F)cc2)cc1. The lowest BCUT2D eigenvalue weighted by atomic mass is 10.0. The van der Waals surface area contributed by atoms with Gasteiger partial charge in [0.05, 0.1) is 26.4 Å². The van der Waals surface area contributed by atoms with E-state index in [1.165, 1.54) is 35.6 Å². The minimum Gasteiger partial charge on any atom is -0.453 e. The molecule has 8 nitrogen and oxygen atoms in total. The number of hydrogen-bond donors (Lipinski definition) is 4. The molecule has 0 radical (unpaired) electrons. The Bertz CT molecular complexity index is 1310. The molecule has 0 bridgehead atoms. The molecule has 4 rings (SSSR count). The summed E-state index contributed by atoms with van der Waals surface area (Å²) in [6, 6.07) is 17.7. The van der Waals surface area contributed by atoms with Gasteiger partial charge in [-0.2, -0.15) is 13.2 Å². The Hall–Kier alpha value is -4.14. The van der Waals surface area contributed by atoms with Crippen molar-refractivity contribution in [3.05, 3.63) is 101 Å². The Kier molecular flexibility index (Phi) is 16.0. The first-order valence-corrected chi connectivity index (χ1v) is 14.3. The Balaban J connectivity index is 0.000000258. The number of rotatable bonds is 8. The highest BCUT2D eigenvalue weighted by Crippen LogP contribution is 2.22. The molecule has 1 aliphatic rings. The second-order valence-corrected chi connectivity index (χ2v) is 10.2. The van der Waals surface area contributed by atoms with Crippen LogP contribution in [0.5, 0.6) is 0 Å². The predicted octanol–water partition coefficient (Wildman–Crippen LogP) is 5.49. The summed E-state index contributed by atoms with van der Waals surface area (Å²) < 4.78 is 82.7. The van der Waals surface area contributed by atoms with Crippen molar-refractivity contribution >= 4 is 17.7 Å². The van der Waals surface area contributed by atoms with Gasteiger partial charge < -0.3 is 31.2 Å². The zero-order valence-corrected chi connectivity index (χ0v) is 25.4. The van der Waals surface area contributed by atoms with Crippen LogP contribution in [-0.4, -0.2) is 63.7 Å². The van der Waals surface area contributed by atoms with Crippen LogP contribution in [0, 0.1) is 17.5 Å². The first-order chi connectivity index (χ1) is 21.8. The van der Waals surface area contributed by atoms with Crippen LogP contribution in [0.1, 0.15) is 30.0 Å². The van der Waals surface area contributed by atoms with E-state index in [0.29, 0.717) is 43.2 Å². The number of nitrogens with two attached hydrogens (primary N) is 1. The molecule has 5 N–H and O–H groups in total. The maximum absolute atomic E-state index is 14.0. The highest BCUT2D eigenvalue weighted by atomic mass is 19.4. The van der Waals surface area contributed by atoms with Gasteiger partial charge in [-0.3, -0.25) is 4.79 Å². The largest absolute Gasteiger partial charge is 0.453 e. The van der Waals surface area contributed by atoms with Gasteiger partial charge in [0.2, 0.25) is 5.91 Å². The molecular formula is C32H38F6N4O4. The molecule has 2 atom stereocenters. The molecule has 1 aliphatic heterocycles. The maximum Gasteiger partial charge on any atom is 0.407 e. The van der Waals surface area contributed by atoms with Crippen molar-refractivity contribution in [3.63, 3.8) is 0 Å².